The van der Waals surface area contributed by atoms with E-state index in [1.54, 1.807) is 10.9 Å². The molecular weight excluding hydrogens is 278 g/mol. The van der Waals surface area contributed by atoms with Crippen molar-refractivity contribution in [3.8, 4) is 5.75 Å². The number of anilines is 2. The van der Waals surface area contributed by atoms with Crippen LogP contribution in [-0.2, 0) is 7.05 Å². The Labute approximate surface area is 129 Å². The van der Waals surface area contributed by atoms with Crippen LogP contribution in [0.5, 0.6) is 5.75 Å². The molecule has 1 N–H and O–H groups in total. The maximum atomic E-state index is 5.68. The SMILES string of the molecule is CC(C)COc1ccc(Nc2ncnc3c2cnn3C)cc1. The highest BCUT2D eigenvalue weighted by Gasteiger charge is 2.08. The van der Waals surface area contributed by atoms with Gasteiger partial charge in [-0.05, 0) is 30.2 Å². The van der Waals surface area contributed by atoms with Crippen LogP contribution in [-0.4, -0.2) is 26.4 Å². The molecule has 0 aliphatic heterocycles. The summed E-state index contributed by atoms with van der Waals surface area (Å²) in [7, 11) is 1.86. The van der Waals surface area contributed by atoms with Gasteiger partial charge in [-0.15, -0.1) is 0 Å². The zero-order valence-corrected chi connectivity index (χ0v) is 12.9. The summed E-state index contributed by atoms with van der Waals surface area (Å²) in [5.74, 6) is 2.13. The summed E-state index contributed by atoms with van der Waals surface area (Å²) in [5, 5.41) is 8.39. The van der Waals surface area contributed by atoms with Crippen molar-refractivity contribution in [3.05, 3.63) is 36.8 Å². The highest BCUT2D eigenvalue weighted by atomic mass is 16.5. The minimum absolute atomic E-state index is 0.512. The number of benzene rings is 1. The van der Waals surface area contributed by atoms with Gasteiger partial charge in [0.05, 0.1) is 18.2 Å². The molecule has 0 fully saturated rings. The summed E-state index contributed by atoms with van der Waals surface area (Å²) in [6.07, 6.45) is 3.30. The van der Waals surface area contributed by atoms with Gasteiger partial charge in [-0.3, -0.25) is 4.68 Å². The number of ether oxygens (including phenoxy) is 1. The molecule has 6 nitrogen and oxygen atoms in total. The molecule has 3 aromatic rings. The molecule has 0 spiro atoms. The monoisotopic (exact) mass is 297 g/mol. The van der Waals surface area contributed by atoms with E-state index < -0.39 is 0 Å². The van der Waals surface area contributed by atoms with Gasteiger partial charge in [0.25, 0.3) is 0 Å². The smallest absolute Gasteiger partial charge is 0.163 e. The van der Waals surface area contributed by atoms with Gasteiger partial charge < -0.3 is 10.1 Å². The van der Waals surface area contributed by atoms with Gasteiger partial charge in [0.15, 0.2) is 5.65 Å². The summed E-state index contributed by atoms with van der Waals surface area (Å²) in [4.78, 5) is 8.52. The van der Waals surface area contributed by atoms with E-state index in [9.17, 15) is 0 Å². The van der Waals surface area contributed by atoms with Crippen LogP contribution < -0.4 is 10.1 Å². The lowest BCUT2D eigenvalue weighted by Crippen LogP contribution is -2.04. The quantitative estimate of drug-likeness (QED) is 0.783. The van der Waals surface area contributed by atoms with E-state index in [-0.39, 0.29) is 0 Å². The van der Waals surface area contributed by atoms with E-state index in [4.69, 9.17) is 4.74 Å². The third-order valence-corrected chi connectivity index (χ3v) is 3.23. The molecule has 0 radical (unpaired) electrons. The van der Waals surface area contributed by atoms with Crippen molar-refractivity contribution >= 4 is 22.5 Å². The maximum absolute atomic E-state index is 5.68. The lowest BCUT2D eigenvalue weighted by Gasteiger charge is -2.10. The third-order valence-electron chi connectivity index (χ3n) is 3.23. The minimum atomic E-state index is 0.512. The Balaban J connectivity index is 1.77. The fourth-order valence-corrected chi connectivity index (χ4v) is 2.10. The van der Waals surface area contributed by atoms with Gasteiger partial charge in [-0.25, -0.2) is 9.97 Å². The predicted octanol–water partition coefficient (Wildman–Crippen LogP) is 3.14. The van der Waals surface area contributed by atoms with Crippen LogP contribution in [0.1, 0.15) is 13.8 Å². The second-order valence-electron chi connectivity index (χ2n) is 5.58. The maximum Gasteiger partial charge on any atom is 0.163 e. The summed E-state index contributed by atoms with van der Waals surface area (Å²) in [5.41, 5.74) is 1.75. The third kappa shape index (κ3) is 3.00. The number of fused-ring (bicyclic) bond motifs is 1. The lowest BCUT2D eigenvalue weighted by atomic mass is 10.2. The Morgan fingerprint density at radius 1 is 1.18 bits per heavy atom. The van der Waals surface area contributed by atoms with Gasteiger partial charge in [-0.1, -0.05) is 13.8 Å². The van der Waals surface area contributed by atoms with Crippen LogP contribution in [0.3, 0.4) is 0 Å². The highest BCUT2D eigenvalue weighted by Crippen LogP contribution is 2.23. The zero-order chi connectivity index (χ0) is 15.5. The lowest BCUT2D eigenvalue weighted by molar-refractivity contribution is 0.271. The molecule has 0 unspecified atom stereocenters. The molecule has 6 heteroatoms. The van der Waals surface area contributed by atoms with Crippen LogP contribution in [0, 0.1) is 5.92 Å². The van der Waals surface area contributed by atoms with Crippen LogP contribution in [0.2, 0.25) is 0 Å². The molecule has 2 heterocycles. The van der Waals surface area contributed by atoms with Crippen molar-refractivity contribution in [2.24, 2.45) is 13.0 Å². The Morgan fingerprint density at radius 2 is 1.95 bits per heavy atom. The van der Waals surface area contributed by atoms with Crippen molar-refractivity contribution in [2.75, 3.05) is 11.9 Å². The summed E-state index contributed by atoms with van der Waals surface area (Å²) in [6.45, 7) is 4.98. The molecule has 2 aromatic heterocycles. The molecule has 1 aromatic carbocycles. The minimum Gasteiger partial charge on any atom is -0.493 e. The van der Waals surface area contributed by atoms with E-state index in [1.807, 2.05) is 31.3 Å². The van der Waals surface area contributed by atoms with Gasteiger partial charge >= 0.3 is 0 Å². The van der Waals surface area contributed by atoms with Crippen molar-refractivity contribution in [3.63, 3.8) is 0 Å². The van der Waals surface area contributed by atoms with Crippen molar-refractivity contribution in [1.29, 1.82) is 0 Å². The Hall–Kier alpha value is -2.63. The second kappa shape index (κ2) is 6.01. The number of aromatic nitrogens is 4. The molecule has 0 saturated heterocycles. The summed E-state index contributed by atoms with van der Waals surface area (Å²) < 4.78 is 7.41. The predicted molar refractivity (Wildman–Crippen MR) is 86.4 cm³/mol. The van der Waals surface area contributed by atoms with Crippen molar-refractivity contribution in [1.82, 2.24) is 19.7 Å². The summed E-state index contributed by atoms with van der Waals surface area (Å²) >= 11 is 0. The number of nitrogens with one attached hydrogen (secondary N) is 1. The average Bonchev–Trinajstić information content (AvgIpc) is 2.89. The fourth-order valence-electron chi connectivity index (χ4n) is 2.10. The van der Waals surface area contributed by atoms with Gasteiger partial charge in [0.2, 0.25) is 0 Å². The van der Waals surface area contributed by atoms with E-state index in [0.717, 1.165) is 34.9 Å². The molecule has 0 atom stereocenters. The number of nitrogens with zero attached hydrogens (tertiary/aromatic N) is 4. The molecule has 0 aliphatic carbocycles. The molecular formula is C16H19N5O. The molecule has 0 bridgehead atoms. The molecule has 22 heavy (non-hydrogen) atoms. The van der Waals surface area contributed by atoms with Crippen LogP contribution >= 0.6 is 0 Å². The summed E-state index contributed by atoms with van der Waals surface area (Å²) in [6, 6.07) is 7.85. The highest BCUT2D eigenvalue weighted by molar-refractivity contribution is 5.88. The first kappa shape index (κ1) is 14.3. The second-order valence-corrected chi connectivity index (χ2v) is 5.58. The Kier molecular flexibility index (Phi) is 3.91. The van der Waals surface area contributed by atoms with Crippen LogP contribution in [0.25, 0.3) is 11.0 Å². The Morgan fingerprint density at radius 3 is 2.68 bits per heavy atom. The molecule has 114 valence electrons. The zero-order valence-electron chi connectivity index (χ0n) is 12.9. The number of rotatable bonds is 5. The first-order valence-electron chi connectivity index (χ1n) is 7.26. The number of aryl methyl sites for hydroxylation is 1. The molecule has 0 saturated carbocycles. The number of hydrogen-bond donors (Lipinski definition) is 1. The normalized spacial score (nSPS) is 11.1. The largest absolute Gasteiger partial charge is 0.493 e. The van der Waals surface area contributed by atoms with Crippen LogP contribution in [0.15, 0.2) is 36.8 Å². The van der Waals surface area contributed by atoms with Crippen molar-refractivity contribution < 1.29 is 4.74 Å². The fraction of sp³-hybridized carbons (Fsp3) is 0.312. The van der Waals surface area contributed by atoms with Crippen LogP contribution in [0.4, 0.5) is 11.5 Å². The van der Waals surface area contributed by atoms with Gasteiger partial charge in [-0.2, -0.15) is 5.10 Å². The first-order chi connectivity index (χ1) is 10.6. The standard InChI is InChI=1S/C16H19N5O/c1-11(2)9-22-13-6-4-12(5-7-13)20-15-14-8-19-21(3)16(14)18-10-17-15/h4-8,10-11H,9H2,1-3H3,(H,17,18,20). The topological polar surface area (TPSA) is 64.9 Å². The van der Waals surface area contributed by atoms with E-state index in [0.29, 0.717) is 5.92 Å². The van der Waals surface area contributed by atoms with E-state index in [2.05, 4.69) is 34.2 Å². The molecule has 3 rings (SSSR count). The number of hydrogen-bond acceptors (Lipinski definition) is 5. The van der Waals surface area contributed by atoms with Crippen molar-refractivity contribution in [2.45, 2.75) is 13.8 Å². The van der Waals surface area contributed by atoms with Gasteiger partial charge in [0, 0.05) is 12.7 Å². The molecule has 0 aliphatic rings. The van der Waals surface area contributed by atoms with E-state index >= 15 is 0 Å². The van der Waals surface area contributed by atoms with Gasteiger partial charge in [0.1, 0.15) is 17.9 Å². The first-order valence-corrected chi connectivity index (χ1v) is 7.26. The average molecular weight is 297 g/mol. The molecule has 0 amide bonds. The Bertz CT molecular complexity index is 764. The van der Waals surface area contributed by atoms with E-state index in [1.165, 1.54) is 6.33 Å².